The molecule has 0 fully saturated rings. The van der Waals surface area contributed by atoms with Gasteiger partial charge in [-0.15, -0.1) is 0 Å². The molecule has 2 N–H and O–H groups in total. The highest BCUT2D eigenvalue weighted by molar-refractivity contribution is 5.93. The molecule has 7 heteroatoms. The Labute approximate surface area is 143 Å². The molecule has 0 radical (unpaired) electrons. The number of pyridine rings is 1. The summed E-state index contributed by atoms with van der Waals surface area (Å²) < 4.78 is 1.31. The van der Waals surface area contributed by atoms with Crippen molar-refractivity contribution < 1.29 is 4.79 Å². The molecule has 0 aliphatic rings. The third-order valence-corrected chi connectivity index (χ3v) is 3.88. The molecule has 0 saturated heterocycles. The van der Waals surface area contributed by atoms with Crippen molar-refractivity contribution in [3.63, 3.8) is 0 Å². The molecule has 3 aromatic rings. The van der Waals surface area contributed by atoms with Crippen LogP contribution in [0.5, 0.6) is 0 Å². The maximum absolute atomic E-state index is 12.7. The van der Waals surface area contributed by atoms with E-state index in [1.165, 1.54) is 17.9 Å². The van der Waals surface area contributed by atoms with Crippen LogP contribution in [-0.2, 0) is 0 Å². The maximum atomic E-state index is 12.7. The first-order valence-electron chi connectivity index (χ1n) is 7.55. The zero-order valence-electron chi connectivity index (χ0n) is 13.7. The Hall–Kier alpha value is -3.66. The van der Waals surface area contributed by atoms with E-state index in [4.69, 9.17) is 5.26 Å². The average Bonchev–Trinajstić information content (AvgIpc) is 3.02. The van der Waals surface area contributed by atoms with Crippen molar-refractivity contribution >= 4 is 5.91 Å². The minimum absolute atomic E-state index is 0.244. The highest BCUT2D eigenvalue weighted by atomic mass is 16.1. The molecule has 3 rings (SSSR count). The van der Waals surface area contributed by atoms with Crippen molar-refractivity contribution in [1.29, 1.82) is 5.26 Å². The van der Waals surface area contributed by atoms with Crippen LogP contribution < -0.4 is 10.9 Å². The molecule has 1 aromatic carbocycles. The van der Waals surface area contributed by atoms with Gasteiger partial charge in [0.25, 0.3) is 11.5 Å². The molecule has 7 nitrogen and oxygen atoms in total. The number of hydrogen-bond acceptors (Lipinski definition) is 4. The van der Waals surface area contributed by atoms with Gasteiger partial charge < -0.3 is 5.32 Å². The molecular formula is C18H15N5O2. The summed E-state index contributed by atoms with van der Waals surface area (Å²) in [5.74, 6) is 0.141. The Morgan fingerprint density at radius 2 is 2.08 bits per heavy atom. The molecule has 0 spiro atoms. The van der Waals surface area contributed by atoms with Gasteiger partial charge in [0.1, 0.15) is 0 Å². The van der Waals surface area contributed by atoms with E-state index in [0.717, 1.165) is 11.1 Å². The van der Waals surface area contributed by atoms with Gasteiger partial charge in [-0.1, -0.05) is 6.07 Å². The van der Waals surface area contributed by atoms with Gasteiger partial charge in [0, 0.05) is 19.4 Å². The van der Waals surface area contributed by atoms with Crippen LogP contribution in [0.2, 0.25) is 0 Å². The molecule has 0 atom stereocenters. The van der Waals surface area contributed by atoms with Crippen molar-refractivity contribution in [2.24, 2.45) is 0 Å². The lowest BCUT2D eigenvalue weighted by Gasteiger charge is -2.03. The molecule has 2 aromatic heterocycles. The van der Waals surface area contributed by atoms with E-state index in [2.05, 4.69) is 21.5 Å². The van der Waals surface area contributed by atoms with Gasteiger partial charge in [0.2, 0.25) is 0 Å². The van der Waals surface area contributed by atoms with E-state index in [1.807, 2.05) is 6.92 Å². The lowest BCUT2D eigenvalue weighted by Crippen LogP contribution is -2.20. The van der Waals surface area contributed by atoms with Crippen LogP contribution in [0.25, 0.3) is 16.9 Å². The number of amides is 1. The molecule has 0 saturated carbocycles. The van der Waals surface area contributed by atoms with Gasteiger partial charge >= 0.3 is 0 Å². The number of H-pyrrole nitrogens is 1. The van der Waals surface area contributed by atoms with Crippen LogP contribution >= 0.6 is 0 Å². The fourth-order valence-corrected chi connectivity index (χ4v) is 2.57. The van der Waals surface area contributed by atoms with E-state index in [9.17, 15) is 9.59 Å². The van der Waals surface area contributed by atoms with E-state index in [1.54, 1.807) is 36.5 Å². The summed E-state index contributed by atoms with van der Waals surface area (Å²) in [4.78, 5) is 28.4. The highest BCUT2D eigenvalue weighted by Gasteiger charge is 2.13. The van der Waals surface area contributed by atoms with Gasteiger partial charge in [-0.25, -0.2) is 9.67 Å². The Morgan fingerprint density at radius 1 is 1.28 bits per heavy atom. The third-order valence-electron chi connectivity index (χ3n) is 3.88. The Morgan fingerprint density at radius 3 is 2.68 bits per heavy atom. The molecule has 124 valence electrons. The Bertz CT molecular complexity index is 1040. The molecule has 0 unspecified atom stereocenters. The molecule has 1 amide bonds. The highest BCUT2D eigenvalue weighted by Crippen LogP contribution is 2.21. The van der Waals surface area contributed by atoms with Crippen LogP contribution in [0.15, 0.2) is 47.5 Å². The smallest absolute Gasteiger partial charge is 0.280 e. The lowest BCUT2D eigenvalue weighted by atomic mass is 10.0. The molecule has 2 heterocycles. The molecular weight excluding hydrogens is 318 g/mol. The third kappa shape index (κ3) is 2.93. The minimum atomic E-state index is -0.256. The number of hydrogen-bond donors (Lipinski definition) is 2. The van der Waals surface area contributed by atoms with Crippen molar-refractivity contribution in [3.8, 4) is 23.0 Å². The van der Waals surface area contributed by atoms with Crippen molar-refractivity contribution in [1.82, 2.24) is 20.1 Å². The quantitative estimate of drug-likeness (QED) is 0.762. The summed E-state index contributed by atoms with van der Waals surface area (Å²) in [7, 11) is 1.54. The Balaban J connectivity index is 2.01. The summed E-state index contributed by atoms with van der Waals surface area (Å²) in [5, 5.41) is 14.3. The van der Waals surface area contributed by atoms with Crippen molar-refractivity contribution in [2.45, 2.75) is 6.92 Å². The molecule has 25 heavy (non-hydrogen) atoms. The van der Waals surface area contributed by atoms with E-state index in [0.29, 0.717) is 22.5 Å². The Kier molecular flexibility index (Phi) is 4.18. The van der Waals surface area contributed by atoms with Crippen LogP contribution in [-0.4, -0.2) is 27.7 Å². The normalized spacial score (nSPS) is 10.3. The number of benzene rings is 1. The largest absolute Gasteiger partial charge is 0.355 e. The summed E-state index contributed by atoms with van der Waals surface area (Å²) in [6.45, 7) is 1.85. The van der Waals surface area contributed by atoms with Crippen LogP contribution in [0.1, 0.15) is 21.5 Å². The van der Waals surface area contributed by atoms with Crippen LogP contribution in [0.4, 0.5) is 0 Å². The second kappa shape index (κ2) is 6.45. The van der Waals surface area contributed by atoms with Crippen molar-refractivity contribution in [2.75, 3.05) is 7.05 Å². The summed E-state index contributed by atoms with van der Waals surface area (Å²) in [6, 6.07) is 10.4. The number of aromatic nitrogens is 3. The first kappa shape index (κ1) is 16.2. The number of aromatic amines is 1. The number of carbonyl (C=O) groups excluding carboxylic acids is 1. The second-order valence-corrected chi connectivity index (χ2v) is 5.45. The minimum Gasteiger partial charge on any atom is -0.355 e. The first-order valence-corrected chi connectivity index (χ1v) is 7.55. The number of nitrogens with zero attached hydrogens (tertiary/aromatic N) is 3. The van der Waals surface area contributed by atoms with E-state index < -0.39 is 0 Å². The predicted molar refractivity (Wildman–Crippen MR) is 92.5 cm³/mol. The number of rotatable bonds is 3. The number of nitriles is 1. The van der Waals surface area contributed by atoms with E-state index >= 15 is 0 Å². The molecule has 0 aliphatic carbocycles. The van der Waals surface area contributed by atoms with Gasteiger partial charge in [-0.05, 0) is 42.3 Å². The maximum Gasteiger partial charge on any atom is 0.280 e. The zero-order valence-corrected chi connectivity index (χ0v) is 13.7. The number of nitrogens with one attached hydrogen (secondary N) is 2. The van der Waals surface area contributed by atoms with Gasteiger partial charge in [0.05, 0.1) is 22.8 Å². The first-order chi connectivity index (χ1) is 12.0. The molecule has 0 aliphatic heterocycles. The van der Waals surface area contributed by atoms with Gasteiger partial charge in [-0.3, -0.25) is 14.7 Å². The van der Waals surface area contributed by atoms with Gasteiger partial charge in [-0.2, -0.15) is 5.26 Å². The summed E-state index contributed by atoms with van der Waals surface area (Å²) in [6.07, 6.45) is 3.01. The standard InChI is InChI=1S/C18H15N5O2/c1-11-7-12(8-19)3-5-14(11)15-10-22-23(18(15)25)16-6-4-13(9-21-16)17(24)20-2/h3-7,9-10,22H,1-2H3,(H,20,24). The van der Waals surface area contributed by atoms with E-state index in [-0.39, 0.29) is 11.5 Å². The SMILES string of the molecule is CNC(=O)c1ccc(-n2[nH]cc(-c3ccc(C#N)cc3C)c2=O)nc1. The fourth-order valence-electron chi connectivity index (χ4n) is 2.57. The zero-order chi connectivity index (χ0) is 18.0. The predicted octanol–water partition coefficient (Wildman–Crippen LogP) is 1.77. The van der Waals surface area contributed by atoms with Gasteiger partial charge in [0.15, 0.2) is 5.82 Å². The number of carbonyl (C=O) groups is 1. The molecule has 0 bridgehead atoms. The lowest BCUT2D eigenvalue weighted by molar-refractivity contribution is 0.0962. The fraction of sp³-hybridized carbons (Fsp3) is 0.111. The van der Waals surface area contributed by atoms with Crippen molar-refractivity contribution in [3.05, 3.63) is 69.8 Å². The van der Waals surface area contributed by atoms with Crippen LogP contribution in [0, 0.1) is 18.3 Å². The summed E-state index contributed by atoms with van der Waals surface area (Å²) >= 11 is 0. The monoisotopic (exact) mass is 333 g/mol. The summed E-state index contributed by atoms with van der Waals surface area (Å²) in [5.41, 5.74) is 2.77. The topological polar surface area (TPSA) is 104 Å². The number of aryl methyl sites for hydroxylation is 1. The second-order valence-electron chi connectivity index (χ2n) is 5.45. The average molecular weight is 333 g/mol. The van der Waals surface area contributed by atoms with Crippen LogP contribution in [0.3, 0.4) is 0 Å².